The van der Waals surface area contributed by atoms with Crippen LogP contribution in [-0.2, 0) is 0 Å². The maximum Gasteiger partial charge on any atom is 0.355 e. The number of aryl methyl sites for hydroxylation is 1. The van der Waals surface area contributed by atoms with Crippen LogP contribution in [0.25, 0.3) is 0 Å². The lowest BCUT2D eigenvalue weighted by atomic mass is 10.2. The molecule has 0 bridgehead atoms. The summed E-state index contributed by atoms with van der Waals surface area (Å²) in [4.78, 5) is 14.6. The largest absolute Gasteiger partial charge is 0.476 e. The molecular weight excluding hydrogens is 260 g/mol. The molecule has 88 valence electrons. The zero-order valence-electron chi connectivity index (χ0n) is 8.90. The van der Waals surface area contributed by atoms with Gasteiger partial charge in [-0.1, -0.05) is 17.7 Å². The Morgan fingerprint density at radius 3 is 2.94 bits per heavy atom. The summed E-state index contributed by atoms with van der Waals surface area (Å²) < 4.78 is 0. The third kappa shape index (κ3) is 2.75. The maximum atomic E-state index is 10.7. The highest BCUT2D eigenvalue weighted by atomic mass is 35.5. The Labute approximate surface area is 107 Å². The molecule has 0 unspecified atom stereocenters. The van der Waals surface area contributed by atoms with Gasteiger partial charge in [0.15, 0.2) is 10.8 Å². The van der Waals surface area contributed by atoms with E-state index in [2.05, 4.69) is 10.3 Å². The van der Waals surface area contributed by atoms with Crippen LogP contribution in [0.3, 0.4) is 0 Å². The molecule has 1 aromatic heterocycles. The highest BCUT2D eigenvalue weighted by Crippen LogP contribution is 2.27. The fourth-order valence-electron chi connectivity index (χ4n) is 1.28. The van der Waals surface area contributed by atoms with E-state index in [4.69, 9.17) is 16.7 Å². The van der Waals surface area contributed by atoms with E-state index in [9.17, 15) is 4.79 Å². The number of hydrogen-bond donors (Lipinski definition) is 2. The van der Waals surface area contributed by atoms with E-state index in [-0.39, 0.29) is 5.69 Å². The van der Waals surface area contributed by atoms with Gasteiger partial charge in [-0.05, 0) is 24.6 Å². The van der Waals surface area contributed by atoms with Crippen LogP contribution < -0.4 is 5.32 Å². The second kappa shape index (κ2) is 4.73. The van der Waals surface area contributed by atoms with Gasteiger partial charge in [-0.15, -0.1) is 11.3 Å². The van der Waals surface area contributed by atoms with Gasteiger partial charge >= 0.3 is 5.97 Å². The molecule has 0 radical (unpaired) electrons. The number of nitrogens with one attached hydrogen (secondary N) is 1. The number of aromatic nitrogens is 1. The lowest BCUT2D eigenvalue weighted by Crippen LogP contribution is -1.97. The Morgan fingerprint density at radius 2 is 2.29 bits per heavy atom. The van der Waals surface area contributed by atoms with Crippen LogP contribution in [0.1, 0.15) is 16.1 Å². The van der Waals surface area contributed by atoms with Crippen molar-refractivity contribution in [3.8, 4) is 0 Å². The summed E-state index contributed by atoms with van der Waals surface area (Å²) in [5, 5.41) is 14.3. The number of carbonyl (C=O) groups is 1. The molecule has 2 N–H and O–H groups in total. The van der Waals surface area contributed by atoms with Crippen LogP contribution in [0.15, 0.2) is 23.6 Å². The van der Waals surface area contributed by atoms with Crippen LogP contribution in [0.2, 0.25) is 5.02 Å². The number of aromatic carboxylic acids is 1. The molecule has 0 amide bonds. The van der Waals surface area contributed by atoms with E-state index in [0.717, 1.165) is 11.3 Å². The van der Waals surface area contributed by atoms with Crippen molar-refractivity contribution in [3.05, 3.63) is 39.9 Å². The summed E-state index contributed by atoms with van der Waals surface area (Å²) in [5.41, 5.74) is 1.81. The Balaban J connectivity index is 2.25. The van der Waals surface area contributed by atoms with Gasteiger partial charge in [0.1, 0.15) is 0 Å². The van der Waals surface area contributed by atoms with Gasteiger partial charge in [0.2, 0.25) is 0 Å². The topological polar surface area (TPSA) is 62.2 Å². The zero-order valence-corrected chi connectivity index (χ0v) is 10.5. The molecule has 0 aliphatic heterocycles. The van der Waals surface area contributed by atoms with Gasteiger partial charge in [-0.3, -0.25) is 0 Å². The second-order valence-corrected chi connectivity index (χ2v) is 4.72. The number of benzene rings is 1. The number of carboxylic acid groups (broad SMARTS) is 1. The summed E-state index contributed by atoms with van der Waals surface area (Å²) >= 11 is 7.24. The molecule has 2 rings (SSSR count). The predicted molar refractivity (Wildman–Crippen MR) is 68.5 cm³/mol. The SMILES string of the molecule is Cc1ccc(Cl)c(Nc2nc(C(=O)O)cs2)c1. The molecule has 0 fully saturated rings. The first kappa shape index (κ1) is 11.9. The smallest absolute Gasteiger partial charge is 0.355 e. The molecule has 6 heteroatoms. The van der Waals surface area contributed by atoms with Crippen molar-refractivity contribution in [1.29, 1.82) is 0 Å². The molecule has 2 aromatic rings. The Kier molecular flexibility index (Phi) is 3.31. The van der Waals surface area contributed by atoms with Gasteiger partial charge in [-0.2, -0.15) is 0 Å². The monoisotopic (exact) mass is 268 g/mol. The average Bonchev–Trinajstić information content (AvgIpc) is 2.72. The van der Waals surface area contributed by atoms with Crippen molar-refractivity contribution in [2.75, 3.05) is 5.32 Å². The lowest BCUT2D eigenvalue weighted by molar-refractivity contribution is 0.0691. The Hall–Kier alpha value is -1.59. The second-order valence-electron chi connectivity index (χ2n) is 3.45. The zero-order chi connectivity index (χ0) is 12.4. The van der Waals surface area contributed by atoms with E-state index < -0.39 is 5.97 Å². The van der Waals surface area contributed by atoms with Gasteiger partial charge in [0.25, 0.3) is 0 Å². The van der Waals surface area contributed by atoms with Crippen molar-refractivity contribution >= 4 is 39.7 Å². The highest BCUT2D eigenvalue weighted by molar-refractivity contribution is 7.14. The van der Waals surface area contributed by atoms with Gasteiger partial charge < -0.3 is 10.4 Å². The van der Waals surface area contributed by atoms with E-state index in [1.807, 2.05) is 19.1 Å². The first-order valence-electron chi connectivity index (χ1n) is 4.78. The molecule has 17 heavy (non-hydrogen) atoms. The molecule has 4 nitrogen and oxygen atoms in total. The summed E-state index contributed by atoms with van der Waals surface area (Å²) in [6.45, 7) is 1.95. The van der Waals surface area contributed by atoms with Crippen LogP contribution in [0.4, 0.5) is 10.8 Å². The third-order valence-corrected chi connectivity index (χ3v) is 3.17. The van der Waals surface area contributed by atoms with E-state index in [0.29, 0.717) is 10.2 Å². The fourth-order valence-corrected chi connectivity index (χ4v) is 2.14. The predicted octanol–water partition coefficient (Wildman–Crippen LogP) is 3.55. The van der Waals surface area contributed by atoms with Crippen molar-refractivity contribution in [2.24, 2.45) is 0 Å². The number of halogens is 1. The summed E-state index contributed by atoms with van der Waals surface area (Å²) in [7, 11) is 0. The first-order valence-corrected chi connectivity index (χ1v) is 6.04. The van der Waals surface area contributed by atoms with Gasteiger partial charge in [-0.25, -0.2) is 9.78 Å². The number of anilines is 2. The van der Waals surface area contributed by atoms with Crippen LogP contribution in [-0.4, -0.2) is 16.1 Å². The number of rotatable bonds is 3. The van der Waals surface area contributed by atoms with Crippen molar-refractivity contribution in [1.82, 2.24) is 4.98 Å². The molecule has 0 saturated carbocycles. The summed E-state index contributed by atoms with van der Waals surface area (Å²) in [6, 6.07) is 5.56. The highest BCUT2D eigenvalue weighted by Gasteiger charge is 2.09. The van der Waals surface area contributed by atoms with Crippen LogP contribution >= 0.6 is 22.9 Å². The minimum Gasteiger partial charge on any atom is -0.476 e. The molecule has 0 aliphatic carbocycles. The molecule has 0 saturated heterocycles. The van der Waals surface area contributed by atoms with E-state index in [1.165, 1.54) is 16.7 Å². The van der Waals surface area contributed by atoms with Crippen LogP contribution in [0, 0.1) is 6.92 Å². The molecular formula is C11H9ClN2O2S. The Bertz CT molecular complexity index is 568. The maximum absolute atomic E-state index is 10.7. The number of hydrogen-bond acceptors (Lipinski definition) is 4. The minimum absolute atomic E-state index is 0.0290. The van der Waals surface area contributed by atoms with Crippen molar-refractivity contribution in [3.63, 3.8) is 0 Å². The van der Waals surface area contributed by atoms with Crippen molar-refractivity contribution < 1.29 is 9.90 Å². The molecule has 0 atom stereocenters. The van der Waals surface area contributed by atoms with Crippen LogP contribution in [0.5, 0.6) is 0 Å². The summed E-state index contributed by atoms with van der Waals surface area (Å²) in [5.74, 6) is -1.04. The minimum atomic E-state index is -1.04. The standard InChI is InChI=1S/C11H9ClN2O2S/c1-6-2-3-7(12)8(4-6)13-11-14-9(5-17-11)10(15)16/h2-5H,1H3,(H,13,14)(H,15,16). The van der Waals surface area contributed by atoms with E-state index >= 15 is 0 Å². The van der Waals surface area contributed by atoms with E-state index in [1.54, 1.807) is 6.07 Å². The number of nitrogens with zero attached hydrogens (tertiary/aromatic N) is 1. The first-order chi connectivity index (χ1) is 8.06. The summed E-state index contributed by atoms with van der Waals surface area (Å²) in [6.07, 6.45) is 0. The fraction of sp³-hybridized carbons (Fsp3) is 0.0909. The van der Waals surface area contributed by atoms with Gasteiger partial charge in [0.05, 0.1) is 10.7 Å². The third-order valence-electron chi connectivity index (χ3n) is 2.09. The molecule has 1 aromatic carbocycles. The number of thiazole rings is 1. The molecule has 0 spiro atoms. The Morgan fingerprint density at radius 1 is 1.53 bits per heavy atom. The average molecular weight is 269 g/mol. The van der Waals surface area contributed by atoms with Crippen molar-refractivity contribution in [2.45, 2.75) is 6.92 Å². The normalized spacial score (nSPS) is 10.2. The molecule has 0 aliphatic rings. The quantitative estimate of drug-likeness (QED) is 0.894. The van der Waals surface area contributed by atoms with Gasteiger partial charge in [0, 0.05) is 5.38 Å². The number of carboxylic acids is 1. The lowest BCUT2D eigenvalue weighted by Gasteiger charge is -2.05. The molecule has 1 heterocycles.